The molecule has 0 spiro atoms. The van der Waals surface area contributed by atoms with Gasteiger partial charge in [-0.05, 0) is 43.4 Å². The van der Waals surface area contributed by atoms with Crippen LogP contribution in [0.5, 0.6) is 0 Å². The highest BCUT2D eigenvalue weighted by molar-refractivity contribution is 6.30. The molecule has 2 aliphatic rings. The lowest BCUT2D eigenvalue weighted by Crippen LogP contribution is -2.45. The van der Waals surface area contributed by atoms with Crippen LogP contribution in [0.2, 0.25) is 5.02 Å². The van der Waals surface area contributed by atoms with Crippen LogP contribution in [-0.2, 0) is 14.9 Å². The highest BCUT2D eigenvalue weighted by atomic mass is 35.5. The Balaban J connectivity index is 1.73. The summed E-state index contributed by atoms with van der Waals surface area (Å²) in [6.07, 6.45) is 6.31. The SMILES string of the molecule is O=C(NCC1(c2cccc(Cl)c2)CCOCC1)C1CCCC1. The quantitative estimate of drug-likeness (QED) is 0.918. The van der Waals surface area contributed by atoms with Crippen molar-refractivity contribution < 1.29 is 9.53 Å². The highest BCUT2D eigenvalue weighted by Crippen LogP contribution is 2.35. The molecule has 1 aromatic rings. The van der Waals surface area contributed by atoms with Crippen LogP contribution in [0.1, 0.15) is 44.1 Å². The Morgan fingerprint density at radius 3 is 2.68 bits per heavy atom. The molecule has 0 bridgehead atoms. The van der Waals surface area contributed by atoms with E-state index in [-0.39, 0.29) is 17.2 Å². The number of carbonyl (C=O) groups is 1. The summed E-state index contributed by atoms with van der Waals surface area (Å²) in [4.78, 5) is 12.4. The summed E-state index contributed by atoms with van der Waals surface area (Å²) in [5.74, 6) is 0.446. The Morgan fingerprint density at radius 2 is 2.00 bits per heavy atom. The molecule has 0 atom stereocenters. The minimum Gasteiger partial charge on any atom is -0.381 e. The van der Waals surface area contributed by atoms with Crippen LogP contribution < -0.4 is 5.32 Å². The van der Waals surface area contributed by atoms with Gasteiger partial charge >= 0.3 is 0 Å². The average Bonchev–Trinajstić information content (AvgIpc) is 3.08. The number of hydrogen-bond donors (Lipinski definition) is 1. The van der Waals surface area contributed by atoms with Crippen molar-refractivity contribution in [2.24, 2.45) is 5.92 Å². The van der Waals surface area contributed by atoms with Gasteiger partial charge in [0.15, 0.2) is 0 Å². The maximum absolute atomic E-state index is 12.4. The molecule has 3 nitrogen and oxygen atoms in total. The summed E-state index contributed by atoms with van der Waals surface area (Å²) in [6.45, 7) is 2.17. The van der Waals surface area contributed by atoms with Crippen molar-refractivity contribution in [3.63, 3.8) is 0 Å². The third-order valence-electron chi connectivity index (χ3n) is 5.21. The van der Waals surface area contributed by atoms with Crippen LogP contribution in [0.4, 0.5) is 0 Å². The molecule has 1 heterocycles. The lowest BCUT2D eigenvalue weighted by molar-refractivity contribution is -0.125. The number of benzene rings is 1. The monoisotopic (exact) mass is 321 g/mol. The zero-order valence-electron chi connectivity index (χ0n) is 12.9. The zero-order valence-corrected chi connectivity index (χ0v) is 13.7. The van der Waals surface area contributed by atoms with E-state index in [4.69, 9.17) is 16.3 Å². The second-order valence-corrected chi connectivity index (χ2v) is 7.04. The van der Waals surface area contributed by atoms with Crippen molar-refractivity contribution in [2.75, 3.05) is 19.8 Å². The van der Waals surface area contributed by atoms with E-state index in [0.717, 1.165) is 43.9 Å². The first-order valence-electron chi connectivity index (χ1n) is 8.31. The first-order chi connectivity index (χ1) is 10.7. The number of nitrogens with one attached hydrogen (secondary N) is 1. The van der Waals surface area contributed by atoms with Gasteiger partial charge in [0.1, 0.15) is 0 Å². The Morgan fingerprint density at radius 1 is 1.27 bits per heavy atom. The summed E-state index contributed by atoms with van der Waals surface area (Å²) in [5, 5.41) is 3.97. The molecular formula is C18H24ClNO2. The smallest absolute Gasteiger partial charge is 0.223 e. The molecule has 1 aliphatic carbocycles. The van der Waals surface area contributed by atoms with E-state index in [2.05, 4.69) is 11.4 Å². The third kappa shape index (κ3) is 3.47. The van der Waals surface area contributed by atoms with Crippen LogP contribution in [0.15, 0.2) is 24.3 Å². The summed E-state index contributed by atoms with van der Waals surface area (Å²) >= 11 is 6.17. The van der Waals surface area contributed by atoms with Crippen LogP contribution in [0.3, 0.4) is 0 Å². The van der Waals surface area contributed by atoms with Gasteiger partial charge in [-0.1, -0.05) is 36.6 Å². The van der Waals surface area contributed by atoms with Gasteiger partial charge < -0.3 is 10.1 Å². The number of rotatable bonds is 4. The lowest BCUT2D eigenvalue weighted by atomic mass is 9.74. The molecule has 22 heavy (non-hydrogen) atoms. The van der Waals surface area contributed by atoms with Crippen LogP contribution in [-0.4, -0.2) is 25.7 Å². The van der Waals surface area contributed by atoms with Crippen molar-refractivity contribution in [1.82, 2.24) is 5.32 Å². The van der Waals surface area contributed by atoms with Crippen molar-refractivity contribution in [1.29, 1.82) is 0 Å². The fourth-order valence-electron chi connectivity index (χ4n) is 3.74. The van der Waals surface area contributed by atoms with Gasteiger partial charge in [-0.3, -0.25) is 4.79 Å². The van der Waals surface area contributed by atoms with Gasteiger partial charge in [0, 0.05) is 36.1 Å². The zero-order chi connectivity index (χ0) is 15.4. The minimum absolute atomic E-state index is 0.0442. The van der Waals surface area contributed by atoms with E-state index in [1.54, 1.807) is 0 Å². The van der Waals surface area contributed by atoms with E-state index >= 15 is 0 Å². The van der Waals surface area contributed by atoms with Crippen molar-refractivity contribution >= 4 is 17.5 Å². The lowest BCUT2D eigenvalue weighted by Gasteiger charge is -2.38. The predicted octanol–water partition coefficient (Wildman–Crippen LogP) is 3.69. The molecule has 1 saturated heterocycles. The number of ether oxygens (including phenoxy) is 1. The molecule has 2 fully saturated rings. The number of carbonyl (C=O) groups excluding carboxylic acids is 1. The van der Waals surface area contributed by atoms with Gasteiger partial charge in [0.2, 0.25) is 5.91 Å². The van der Waals surface area contributed by atoms with Crippen LogP contribution >= 0.6 is 11.6 Å². The Hall–Kier alpha value is -1.06. The van der Waals surface area contributed by atoms with E-state index in [9.17, 15) is 4.79 Å². The minimum atomic E-state index is -0.0442. The summed E-state index contributed by atoms with van der Waals surface area (Å²) in [7, 11) is 0. The summed E-state index contributed by atoms with van der Waals surface area (Å²) < 4.78 is 5.54. The molecule has 1 aromatic carbocycles. The van der Waals surface area contributed by atoms with Crippen LogP contribution in [0.25, 0.3) is 0 Å². The third-order valence-corrected chi connectivity index (χ3v) is 5.45. The molecule has 0 radical (unpaired) electrons. The molecule has 4 heteroatoms. The fraction of sp³-hybridized carbons (Fsp3) is 0.611. The second kappa shape index (κ2) is 7.01. The molecule has 1 aliphatic heterocycles. The Bertz CT molecular complexity index is 520. The van der Waals surface area contributed by atoms with Crippen molar-refractivity contribution in [3.8, 4) is 0 Å². The van der Waals surface area contributed by atoms with Crippen molar-refractivity contribution in [3.05, 3.63) is 34.9 Å². The molecule has 1 saturated carbocycles. The van der Waals surface area contributed by atoms with E-state index in [1.807, 2.05) is 18.2 Å². The molecule has 3 rings (SSSR count). The molecule has 0 aromatic heterocycles. The molecule has 120 valence electrons. The van der Waals surface area contributed by atoms with Crippen molar-refractivity contribution in [2.45, 2.75) is 43.9 Å². The first-order valence-corrected chi connectivity index (χ1v) is 8.69. The van der Waals surface area contributed by atoms with Crippen LogP contribution in [0, 0.1) is 5.92 Å². The fourth-order valence-corrected chi connectivity index (χ4v) is 3.93. The topological polar surface area (TPSA) is 38.3 Å². The summed E-state index contributed by atoms with van der Waals surface area (Å²) in [5.41, 5.74) is 1.17. The van der Waals surface area contributed by atoms with E-state index in [0.29, 0.717) is 6.54 Å². The van der Waals surface area contributed by atoms with Gasteiger partial charge in [0.05, 0.1) is 0 Å². The Labute approximate surface area is 137 Å². The Kier molecular flexibility index (Phi) is 5.04. The predicted molar refractivity (Wildman–Crippen MR) is 88.2 cm³/mol. The van der Waals surface area contributed by atoms with Gasteiger partial charge in [-0.2, -0.15) is 0 Å². The summed E-state index contributed by atoms with van der Waals surface area (Å²) in [6, 6.07) is 8.05. The van der Waals surface area contributed by atoms with E-state index < -0.39 is 0 Å². The van der Waals surface area contributed by atoms with Gasteiger partial charge in [-0.25, -0.2) is 0 Å². The number of halogens is 1. The standard InChI is InChI=1S/C18H24ClNO2/c19-16-7-3-6-15(12-16)18(8-10-22-11-9-18)13-20-17(21)14-4-1-2-5-14/h3,6-7,12,14H,1-2,4-5,8-11,13H2,(H,20,21). The second-order valence-electron chi connectivity index (χ2n) is 6.60. The molecule has 0 unspecified atom stereocenters. The average molecular weight is 322 g/mol. The number of hydrogen-bond acceptors (Lipinski definition) is 2. The molecule has 1 N–H and O–H groups in total. The largest absolute Gasteiger partial charge is 0.381 e. The molecule has 1 amide bonds. The van der Waals surface area contributed by atoms with E-state index in [1.165, 1.54) is 18.4 Å². The van der Waals surface area contributed by atoms with Gasteiger partial charge in [0.25, 0.3) is 0 Å². The number of amides is 1. The van der Waals surface area contributed by atoms with Gasteiger partial charge in [-0.15, -0.1) is 0 Å². The normalized spacial score (nSPS) is 21.7. The maximum Gasteiger partial charge on any atom is 0.223 e. The molecular weight excluding hydrogens is 298 g/mol. The maximum atomic E-state index is 12.4. The highest BCUT2D eigenvalue weighted by Gasteiger charge is 2.35. The first kappa shape index (κ1) is 15.8.